The lowest BCUT2D eigenvalue weighted by Gasteiger charge is -2.14. The second-order valence-corrected chi connectivity index (χ2v) is 8.04. The first kappa shape index (κ1) is 20.7. The number of benzene rings is 1. The van der Waals surface area contributed by atoms with E-state index in [9.17, 15) is 13.6 Å². The van der Waals surface area contributed by atoms with Gasteiger partial charge in [0.05, 0.1) is 5.02 Å². The molecule has 2 aromatic heterocycles. The molecule has 0 fully saturated rings. The molecule has 156 valence electrons. The molecule has 9 heteroatoms. The predicted molar refractivity (Wildman–Crippen MR) is 113 cm³/mol. The van der Waals surface area contributed by atoms with Crippen molar-refractivity contribution >= 4 is 35.5 Å². The summed E-state index contributed by atoms with van der Waals surface area (Å²) in [6.07, 6.45) is 2.72. The second kappa shape index (κ2) is 8.28. The molecule has 3 aromatic rings. The van der Waals surface area contributed by atoms with Crippen LogP contribution in [0, 0.1) is 16.4 Å². The topological polar surface area (TPSA) is 51.9 Å². The van der Waals surface area contributed by atoms with Crippen LogP contribution in [0.4, 0.5) is 14.6 Å². The first-order valence-electron chi connectivity index (χ1n) is 9.48. The molecule has 1 atom stereocenters. The first-order chi connectivity index (χ1) is 14.4. The van der Waals surface area contributed by atoms with E-state index >= 15 is 0 Å². The molecule has 3 heterocycles. The van der Waals surface area contributed by atoms with Gasteiger partial charge < -0.3 is 14.5 Å². The third kappa shape index (κ3) is 3.77. The maximum Gasteiger partial charge on any atom is 0.225 e. The molecule has 1 unspecified atom stereocenters. The number of halogens is 3. The molecule has 30 heavy (non-hydrogen) atoms. The van der Waals surface area contributed by atoms with Crippen molar-refractivity contribution < 1.29 is 13.6 Å². The molecule has 0 saturated carbocycles. The van der Waals surface area contributed by atoms with E-state index in [2.05, 4.69) is 10.3 Å². The number of carbonyl (C=O) groups is 1. The second-order valence-electron chi connectivity index (χ2n) is 7.27. The molecule has 0 spiro atoms. The van der Waals surface area contributed by atoms with Gasteiger partial charge in [-0.1, -0.05) is 17.7 Å². The van der Waals surface area contributed by atoms with Gasteiger partial charge in [-0.05, 0) is 49.3 Å². The molecule has 4 rings (SSSR count). The molecule has 0 bridgehead atoms. The Bertz CT molecular complexity index is 1180. The zero-order chi connectivity index (χ0) is 21.4. The van der Waals surface area contributed by atoms with Gasteiger partial charge in [-0.15, -0.1) is 0 Å². The predicted octanol–water partition coefficient (Wildman–Crippen LogP) is 4.79. The first-order valence-corrected chi connectivity index (χ1v) is 10.3. The number of imidazole rings is 1. The Morgan fingerprint density at radius 3 is 2.87 bits per heavy atom. The summed E-state index contributed by atoms with van der Waals surface area (Å²) in [6, 6.07) is 7.68. The van der Waals surface area contributed by atoms with Gasteiger partial charge in [-0.3, -0.25) is 4.79 Å². The number of hydrogen-bond donors (Lipinski definition) is 1. The number of hydrogen-bond acceptors (Lipinski definition) is 3. The number of carbonyl (C=O) groups excluding carboxylic acids is 1. The number of rotatable bonds is 5. The van der Waals surface area contributed by atoms with Gasteiger partial charge in [0.1, 0.15) is 17.5 Å². The van der Waals surface area contributed by atoms with E-state index in [1.54, 1.807) is 24.4 Å². The summed E-state index contributed by atoms with van der Waals surface area (Å²) in [5, 5.41) is 2.66. The fourth-order valence-corrected chi connectivity index (χ4v) is 4.45. The quantitative estimate of drug-likeness (QED) is 0.451. The largest absolute Gasteiger partial charge is 0.324 e. The minimum Gasteiger partial charge on any atom is -0.324 e. The van der Waals surface area contributed by atoms with E-state index in [4.69, 9.17) is 23.8 Å². The van der Waals surface area contributed by atoms with Crippen molar-refractivity contribution in [3.63, 3.8) is 0 Å². The Morgan fingerprint density at radius 1 is 1.33 bits per heavy atom. The Hall–Kier alpha value is -2.58. The van der Waals surface area contributed by atoms with Crippen molar-refractivity contribution in [2.75, 3.05) is 5.32 Å². The van der Waals surface area contributed by atoms with Crippen LogP contribution >= 0.6 is 23.8 Å². The SMILES string of the molecule is Cn1c(CCC(=O)Nc2ccccn2)c2n(c1=S)CC(c1c(F)ccc(Cl)c1F)C2. The Labute approximate surface area is 182 Å². The Morgan fingerprint density at radius 2 is 2.13 bits per heavy atom. The van der Waals surface area contributed by atoms with Crippen LogP contribution in [0.3, 0.4) is 0 Å². The van der Waals surface area contributed by atoms with Crippen molar-refractivity contribution in [1.82, 2.24) is 14.1 Å². The number of fused-ring (bicyclic) bond motifs is 1. The number of nitrogens with one attached hydrogen (secondary N) is 1. The minimum absolute atomic E-state index is 0.0119. The lowest BCUT2D eigenvalue weighted by atomic mass is 9.95. The van der Waals surface area contributed by atoms with Gasteiger partial charge in [0, 0.05) is 49.1 Å². The third-order valence-corrected chi connectivity index (χ3v) is 6.22. The summed E-state index contributed by atoms with van der Waals surface area (Å²) in [4.78, 5) is 16.4. The standard InChI is InChI=1S/C21H19ClF2N4OS/c1-27-15(7-8-18(29)26-17-4-2-3-9-25-17)16-10-12(11-28(16)21(27)30)19-14(23)6-5-13(22)20(19)24/h2-6,9,12H,7-8,10-11H2,1H3,(H,25,26,29). The molecule has 1 N–H and O–H groups in total. The number of pyridine rings is 1. The monoisotopic (exact) mass is 448 g/mol. The molecule has 5 nitrogen and oxygen atoms in total. The van der Waals surface area contributed by atoms with Crippen LogP contribution in [-0.4, -0.2) is 20.0 Å². The number of aromatic nitrogens is 3. The summed E-state index contributed by atoms with van der Waals surface area (Å²) in [5.74, 6) is -1.41. The normalized spacial score (nSPS) is 15.3. The minimum atomic E-state index is -0.723. The zero-order valence-electron chi connectivity index (χ0n) is 16.2. The highest BCUT2D eigenvalue weighted by molar-refractivity contribution is 7.71. The molecule has 1 aliphatic heterocycles. The highest BCUT2D eigenvalue weighted by Gasteiger charge is 2.32. The summed E-state index contributed by atoms with van der Waals surface area (Å²) >= 11 is 11.4. The van der Waals surface area contributed by atoms with Crippen LogP contribution in [0.25, 0.3) is 0 Å². The lowest BCUT2D eigenvalue weighted by molar-refractivity contribution is -0.116. The van der Waals surface area contributed by atoms with Gasteiger partial charge in [-0.2, -0.15) is 0 Å². The Balaban J connectivity index is 1.54. The van der Waals surface area contributed by atoms with E-state index in [0.29, 0.717) is 30.0 Å². The average molecular weight is 449 g/mol. The van der Waals surface area contributed by atoms with Crippen LogP contribution in [0.15, 0.2) is 36.5 Å². The zero-order valence-corrected chi connectivity index (χ0v) is 17.7. The van der Waals surface area contributed by atoms with Crippen molar-refractivity contribution in [3.05, 3.63) is 74.9 Å². The Kier molecular flexibility index (Phi) is 5.71. The molecule has 0 saturated heterocycles. The highest BCUT2D eigenvalue weighted by Crippen LogP contribution is 2.37. The number of amides is 1. The number of nitrogens with zero attached hydrogens (tertiary/aromatic N) is 3. The van der Waals surface area contributed by atoms with Gasteiger partial charge in [0.25, 0.3) is 0 Å². The van der Waals surface area contributed by atoms with E-state index in [0.717, 1.165) is 11.4 Å². The molecular weight excluding hydrogens is 430 g/mol. The summed E-state index contributed by atoms with van der Waals surface area (Å²) < 4.78 is 33.2. The third-order valence-electron chi connectivity index (χ3n) is 5.43. The van der Waals surface area contributed by atoms with Gasteiger partial charge in [0.15, 0.2) is 4.77 Å². The fraction of sp³-hybridized carbons (Fsp3) is 0.286. The molecule has 0 aliphatic carbocycles. The van der Waals surface area contributed by atoms with Gasteiger partial charge >= 0.3 is 0 Å². The van der Waals surface area contributed by atoms with Crippen molar-refractivity contribution in [2.24, 2.45) is 7.05 Å². The van der Waals surface area contributed by atoms with E-state index in [1.807, 2.05) is 16.2 Å². The van der Waals surface area contributed by atoms with Crippen LogP contribution < -0.4 is 5.32 Å². The maximum atomic E-state index is 14.5. The smallest absolute Gasteiger partial charge is 0.225 e. The van der Waals surface area contributed by atoms with Gasteiger partial charge in [0.2, 0.25) is 5.91 Å². The molecule has 1 aromatic carbocycles. The van der Waals surface area contributed by atoms with Crippen molar-refractivity contribution in [2.45, 2.75) is 31.7 Å². The molecule has 0 radical (unpaired) electrons. The highest BCUT2D eigenvalue weighted by atomic mass is 35.5. The fourth-order valence-electron chi connectivity index (χ4n) is 3.99. The summed E-state index contributed by atoms with van der Waals surface area (Å²) in [5.41, 5.74) is 1.78. The maximum absolute atomic E-state index is 14.5. The van der Waals surface area contributed by atoms with Crippen LogP contribution in [-0.2, 0) is 31.2 Å². The van der Waals surface area contributed by atoms with E-state index < -0.39 is 17.6 Å². The van der Waals surface area contributed by atoms with E-state index in [1.165, 1.54) is 12.1 Å². The molecule has 1 amide bonds. The van der Waals surface area contributed by atoms with Crippen molar-refractivity contribution in [1.29, 1.82) is 0 Å². The lowest BCUT2D eigenvalue weighted by Crippen LogP contribution is -2.15. The van der Waals surface area contributed by atoms with Gasteiger partial charge in [-0.25, -0.2) is 13.8 Å². The summed E-state index contributed by atoms with van der Waals surface area (Å²) in [6.45, 7) is 0.371. The van der Waals surface area contributed by atoms with Crippen LogP contribution in [0.1, 0.15) is 29.3 Å². The molecular formula is C21H19ClF2N4OS. The average Bonchev–Trinajstić information content (AvgIpc) is 3.24. The molecule has 1 aliphatic rings. The van der Waals surface area contributed by atoms with Crippen molar-refractivity contribution in [3.8, 4) is 0 Å². The number of anilines is 1. The van der Waals surface area contributed by atoms with Crippen LogP contribution in [0.2, 0.25) is 5.02 Å². The van der Waals surface area contributed by atoms with E-state index in [-0.39, 0.29) is 22.9 Å². The van der Waals surface area contributed by atoms with Crippen LogP contribution in [0.5, 0.6) is 0 Å². The summed E-state index contributed by atoms with van der Waals surface area (Å²) in [7, 11) is 1.84.